The lowest BCUT2D eigenvalue weighted by atomic mass is 9.83. The van der Waals surface area contributed by atoms with Crippen molar-refractivity contribution < 1.29 is 4.79 Å². The van der Waals surface area contributed by atoms with Gasteiger partial charge in [-0.1, -0.05) is 40.9 Å². The smallest absolute Gasteiger partial charge is 0.281 e. The standard InChI is InChI=1S/C21H22Cl2N6O2/c22-15-5-2-6-16(23)14(15)11-29-19-17(26-27-29)20(30)25-18(24-19)12-7-9-28(10-8-12)21(31)13-3-1-4-13/h2,5-6,12-13H,1,3-4,7-11H2,(H,24,25,30). The molecule has 1 saturated carbocycles. The van der Waals surface area contributed by atoms with Gasteiger partial charge < -0.3 is 9.88 Å². The predicted molar refractivity (Wildman–Crippen MR) is 117 cm³/mol. The minimum atomic E-state index is -0.315. The molecule has 0 atom stereocenters. The van der Waals surface area contributed by atoms with Crippen LogP contribution in [0, 0.1) is 5.92 Å². The van der Waals surface area contributed by atoms with E-state index < -0.39 is 0 Å². The summed E-state index contributed by atoms with van der Waals surface area (Å²) >= 11 is 12.6. The van der Waals surface area contributed by atoms with E-state index >= 15 is 0 Å². The quantitative estimate of drug-likeness (QED) is 0.643. The van der Waals surface area contributed by atoms with Gasteiger partial charge in [-0.2, -0.15) is 0 Å². The molecule has 10 heteroatoms. The lowest BCUT2D eigenvalue weighted by Gasteiger charge is -2.36. The maximum absolute atomic E-state index is 12.6. The van der Waals surface area contributed by atoms with E-state index in [1.807, 2.05) is 4.90 Å². The number of halogens is 2. The minimum absolute atomic E-state index is 0.0785. The Labute approximate surface area is 188 Å². The van der Waals surface area contributed by atoms with Crippen LogP contribution in [0.3, 0.4) is 0 Å². The summed E-state index contributed by atoms with van der Waals surface area (Å²) in [5.41, 5.74) is 0.973. The molecule has 31 heavy (non-hydrogen) atoms. The number of hydrogen-bond acceptors (Lipinski definition) is 5. The van der Waals surface area contributed by atoms with Crippen molar-refractivity contribution in [3.63, 3.8) is 0 Å². The van der Waals surface area contributed by atoms with Gasteiger partial charge in [0.1, 0.15) is 5.82 Å². The first-order chi connectivity index (χ1) is 15.0. The van der Waals surface area contributed by atoms with E-state index in [0.29, 0.717) is 40.2 Å². The molecule has 0 spiro atoms. The van der Waals surface area contributed by atoms with Crippen LogP contribution in [0.4, 0.5) is 0 Å². The molecule has 1 aliphatic heterocycles. The van der Waals surface area contributed by atoms with Gasteiger partial charge in [0.25, 0.3) is 5.56 Å². The largest absolute Gasteiger partial charge is 0.342 e. The van der Waals surface area contributed by atoms with Crippen molar-refractivity contribution >= 4 is 40.3 Å². The molecule has 0 bridgehead atoms. The second-order valence-electron chi connectivity index (χ2n) is 8.30. The van der Waals surface area contributed by atoms with Crippen LogP contribution in [0.2, 0.25) is 10.0 Å². The van der Waals surface area contributed by atoms with Gasteiger partial charge in [-0.05, 0) is 37.8 Å². The van der Waals surface area contributed by atoms with Crippen LogP contribution in [-0.2, 0) is 11.3 Å². The van der Waals surface area contributed by atoms with Crippen LogP contribution >= 0.6 is 23.2 Å². The van der Waals surface area contributed by atoms with Crippen LogP contribution in [0.15, 0.2) is 23.0 Å². The molecule has 2 aromatic heterocycles. The number of benzene rings is 1. The van der Waals surface area contributed by atoms with Crippen LogP contribution in [0.5, 0.6) is 0 Å². The van der Waals surface area contributed by atoms with Crippen molar-refractivity contribution in [1.82, 2.24) is 29.9 Å². The number of piperidine rings is 1. The zero-order chi connectivity index (χ0) is 21.5. The van der Waals surface area contributed by atoms with Gasteiger partial charge in [0.05, 0.1) is 6.54 Å². The summed E-state index contributed by atoms with van der Waals surface area (Å²) in [6, 6.07) is 5.29. The Morgan fingerprint density at radius 2 is 1.84 bits per heavy atom. The fourth-order valence-electron chi connectivity index (χ4n) is 4.30. The molecule has 1 saturated heterocycles. The van der Waals surface area contributed by atoms with Gasteiger partial charge in [-0.3, -0.25) is 9.59 Å². The van der Waals surface area contributed by atoms with E-state index in [1.54, 1.807) is 22.9 Å². The van der Waals surface area contributed by atoms with E-state index in [9.17, 15) is 9.59 Å². The first-order valence-corrected chi connectivity index (χ1v) is 11.3. The number of aromatic nitrogens is 5. The van der Waals surface area contributed by atoms with Crippen molar-refractivity contribution in [2.45, 2.75) is 44.6 Å². The molecule has 5 rings (SSSR count). The highest BCUT2D eigenvalue weighted by Crippen LogP contribution is 2.32. The lowest BCUT2D eigenvalue weighted by Crippen LogP contribution is -2.43. The highest BCUT2D eigenvalue weighted by atomic mass is 35.5. The summed E-state index contributed by atoms with van der Waals surface area (Å²) in [5, 5.41) is 9.14. The summed E-state index contributed by atoms with van der Waals surface area (Å²) in [6.07, 6.45) is 4.71. The number of H-pyrrole nitrogens is 1. The van der Waals surface area contributed by atoms with Gasteiger partial charge in [0.15, 0.2) is 11.2 Å². The molecule has 8 nitrogen and oxygen atoms in total. The Kier molecular flexibility index (Phi) is 5.44. The summed E-state index contributed by atoms with van der Waals surface area (Å²) in [4.78, 5) is 34.7. The lowest BCUT2D eigenvalue weighted by molar-refractivity contribution is -0.139. The number of carbonyl (C=O) groups excluding carboxylic acids is 1. The fourth-order valence-corrected chi connectivity index (χ4v) is 4.82. The number of carbonyl (C=O) groups is 1. The van der Waals surface area contributed by atoms with E-state index in [0.717, 1.165) is 32.1 Å². The van der Waals surface area contributed by atoms with Crippen molar-refractivity contribution in [3.8, 4) is 0 Å². The monoisotopic (exact) mass is 460 g/mol. The number of hydrogen-bond donors (Lipinski definition) is 1. The zero-order valence-electron chi connectivity index (χ0n) is 16.9. The Morgan fingerprint density at radius 3 is 2.48 bits per heavy atom. The number of rotatable bonds is 4. The molecule has 2 aliphatic rings. The number of nitrogens with zero attached hydrogens (tertiary/aromatic N) is 5. The molecule has 1 aliphatic carbocycles. The number of likely N-dealkylation sites (tertiary alicyclic amines) is 1. The first kappa shape index (κ1) is 20.5. The molecule has 3 aromatic rings. The molecular weight excluding hydrogens is 439 g/mol. The second-order valence-corrected chi connectivity index (χ2v) is 9.11. The van der Waals surface area contributed by atoms with E-state index in [1.165, 1.54) is 0 Å². The van der Waals surface area contributed by atoms with Crippen LogP contribution in [0.25, 0.3) is 11.2 Å². The average Bonchev–Trinajstić information content (AvgIpc) is 3.13. The molecule has 1 aromatic carbocycles. The summed E-state index contributed by atoms with van der Waals surface area (Å²) < 4.78 is 1.55. The third-order valence-electron chi connectivity index (χ3n) is 6.41. The van der Waals surface area contributed by atoms with Gasteiger partial charge in [0, 0.05) is 40.5 Å². The van der Waals surface area contributed by atoms with Crippen molar-refractivity contribution in [3.05, 3.63) is 50.0 Å². The van der Waals surface area contributed by atoms with Crippen LogP contribution < -0.4 is 5.56 Å². The van der Waals surface area contributed by atoms with E-state index in [-0.39, 0.29) is 35.4 Å². The number of nitrogens with one attached hydrogen (secondary N) is 1. The fraction of sp³-hybridized carbons (Fsp3) is 0.476. The Morgan fingerprint density at radius 1 is 1.13 bits per heavy atom. The average molecular weight is 461 g/mol. The number of aromatic amines is 1. The summed E-state index contributed by atoms with van der Waals surface area (Å²) in [6.45, 7) is 1.64. The van der Waals surface area contributed by atoms with Gasteiger partial charge in [-0.25, -0.2) is 9.67 Å². The third-order valence-corrected chi connectivity index (χ3v) is 7.12. The molecule has 162 valence electrons. The van der Waals surface area contributed by atoms with Gasteiger partial charge in [0.2, 0.25) is 5.91 Å². The van der Waals surface area contributed by atoms with E-state index in [4.69, 9.17) is 28.2 Å². The predicted octanol–water partition coefficient (Wildman–Crippen LogP) is 3.38. The first-order valence-electron chi connectivity index (χ1n) is 10.6. The molecule has 3 heterocycles. The highest BCUT2D eigenvalue weighted by molar-refractivity contribution is 6.36. The maximum Gasteiger partial charge on any atom is 0.281 e. The minimum Gasteiger partial charge on any atom is -0.342 e. The Hall–Kier alpha value is -2.45. The van der Waals surface area contributed by atoms with Crippen LogP contribution in [-0.4, -0.2) is 48.9 Å². The van der Waals surface area contributed by atoms with Crippen molar-refractivity contribution in [2.75, 3.05) is 13.1 Å². The zero-order valence-corrected chi connectivity index (χ0v) is 18.4. The molecule has 2 fully saturated rings. The highest BCUT2D eigenvalue weighted by Gasteiger charge is 2.32. The van der Waals surface area contributed by atoms with Gasteiger partial charge >= 0.3 is 0 Å². The Bertz CT molecular complexity index is 1170. The van der Waals surface area contributed by atoms with E-state index in [2.05, 4.69) is 15.3 Å². The summed E-state index contributed by atoms with van der Waals surface area (Å²) in [5.74, 6) is 1.18. The van der Waals surface area contributed by atoms with Crippen molar-refractivity contribution in [1.29, 1.82) is 0 Å². The maximum atomic E-state index is 12.6. The van der Waals surface area contributed by atoms with Gasteiger partial charge in [-0.15, -0.1) is 5.10 Å². The molecule has 1 amide bonds. The third kappa shape index (κ3) is 3.83. The molecule has 1 N–H and O–H groups in total. The Balaban J connectivity index is 1.39. The topological polar surface area (TPSA) is 96.8 Å². The van der Waals surface area contributed by atoms with Crippen molar-refractivity contribution in [2.24, 2.45) is 5.92 Å². The summed E-state index contributed by atoms with van der Waals surface area (Å²) in [7, 11) is 0. The molecular formula is C21H22Cl2N6O2. The SMILES string of the molecule is O=C(C1CCC1)N1CCC(c2nc3c(nnn3Cc3c(Cl)cccc3Cl)c(=O)[nH]2)CC1. The second kappa shape index (κ2) is 8.24. The van der Waals surface area contributed by atoms with Crippen LogP contribution in [0.1, 0.15) is 49.4 Å². The molecule has 0 radical (unpaired) electrons. The molecule has 0 unspecified atom stereocenters. The number of fused-ring (bicyclic) bond motifs is 1. The normalized spacial score (nSPS) is 17.8. The number of amides is 1.